The van der Waals surface area contributed by atoms with Gasteiger partial charge in [0.15, 0.2) is 0 Å². The van der Waals surface area contributed by atoms with Crippen LogP contribution in [0.4, 0.5) is 11.4 Å². The lowest BCUT2D eigenvalue weighted by molar-refractivity contribution is -0.121. The predicted molar refractivity (Wildman–Crippen MR) is 97.7 cm³/mol. The maximum absolute atomic E-state index is 12.6. The van der Waals surface area contributed by atoms with Crippen molar-refractivity contribution < 1.29 is 14.7 Å². The Hall–Kier alpha value is -2.82. The summed E-state index contributed by atoms with van der Waals surface area (Å²) in [4.78, 5) is 26.0. The summed E-state index contributed by atoms with van der Waals surface area (Å²) in [6.07, 6.45) is 3.49. The summed E-state index contributed by atoms with van der Waals surface area (Å²) in [7, 11) is 0. The molecule has 0 saturated carbocycles. The number of carbonyl (C=O) groups excluding carboxylic acids is 2. The maximum atomic E-state index is 12.6. The molecule has 1 aliphatic heterocycles. The molecule has 2 aromatic rings. The number of nitrogens with zero attached hydrogens (tertiary/aromatic N) is 1. The molecule has 130 valence electrons. The van der Waals surface area contributed by atoms with E-state index in [4.69, 9.17) is 0 Å². The minimum Gasteiger partial charge on any atom is -0.508 e. The summed E-state index contributed by atoms with van der Waals surface area (Å²) < 4.78 is 0. The Morgan fingerprint density at radius 2 is 1.76 bits per heavy atom. The molecule has 25 heavy (non-hydrogen) atoms. The Bertz CT molecular complexity index is 754. The number of carbonyl (C=O) groups is 2. The van der Waals surface area contributed by atoms with Crippen LogP contribution in [0.3, 0.4) is 0 Å². The Kier molecular flexibility index (Phi) is 5.03. The van der Waals surface area contributed by atoms with Gasteiger partial charge in [0.05, 0.1) is 12.1 Å². The van der Waals surface area contributed by atoms with Crippen LogP contribution in [0.2, 0.25) is 0 Å². The van der Waals surface area contributed by atoms with Gasteiger partial charge in [-0.2, -0.15) is 0 Å². The van der Waals surface area contributed by atoms with E-state index in [0.717, 1.165) is 24.9 Å². The van der Waals surface area contributed by atoms with E-state index in [1.165, 1.54) is 22.6 Å². The second kappa shape index (κ2) is 7.38. The number of aromatic hydroxyl groups is 1. The monoisotopic (exact) mass is 338 g/mol. The quantitative estimate of drug-likeness (QED) is 0.791. The second-order valence-corrected chi connectivity index (χ2v) is 6.29. The first-order chi connectivity index (χ1) is 12.1. The number of phenols is 1. The molecular formula is C20H22N2O3. The van der Waals surface area contributed by atoms with E-state index in [1.54, 1.807) is 12.1 Å². The summed E-state index contributed by atoms with van der Waals surface area (Å²) in [6, 6.07) is 13.5. The average Bonchev–Trinajstić information content (AvgIpc) is 2.89. The molecule has 5 heteroatoms. The van der Waals surface area contributed by atoms with Gasteiger partial charge in [-0.3, -0.25) is 9.59 Å². The highest BCUT2D eigenvalue weighted by Gasteiger charge is 2.39. The number of unbranched alkanes of at least 4 members (excludes halogenated alkanes) is 1. The number of imide groups is 1. The standard InChI is InChI=1S/C20H22N2O3/c1-2-3-4-14-5-7-15(8-6-14)21-18-13-19(24)22(20(18)25)16-9-11-17(23)12-10-16/h5-12,18,21,23H,2-4,13H2,1H3. The smallest absolute Gasteiger partial charge is 0.256 e. The first-order valence-electron chi connectivity index (χ1n) is 8.60. The molecule has 2 amide bonds. The van der Waals surface area contributed by atoms with Crippen LogP contribution in [-0.4, -0.2) is 23.0 Å². The van der Waals surface area contributed by atoms with Crippen LogP contribution in [-0.2, 0) is 16.0 Å². The average molecular weight is 338 g/mol. The van der Waals surface area contributed by atoms with Gasteiger partial charge in [-0.1, -0.05) is 25.5 Å². The van der Waals surface area contributed by atoms with Crippen LogP contribution in [0.25, 0.3) is 0 Å². The number of nitrogens with one attached hydrogen (secondary N) is 1. The van der Waals surface area contributed by atoms with Crippen molar-refractivity contribution in [1.82, 2.24) is 0 Å². The molecule has 3 rings (SSSR count). The molecule has 0 aromatic heterocycles. The number of aryl methyl sites for hydroxylation is 1. The summed E-state index contributed by atoms with van der Waals surface area (Å²) in [5, 5.41) is 12.5. The van der Waals surface area contributed by atoms with Gasteiger partial charge in [-0.15, -0.1) is 0 Å². The summed E-state index contributed by atoms with van der Waals surface area (Å²) in [6.45, 7) is 2.17. The number of phenolic OH excluding ortho intramolecular Hbond substituents is 1. The van der Waals surface area contributed by atoms with Gasteiger partial charge in [0.1, 0.15) is 11.8 Å². The van der Waals surface area contributed by atoms with E-state index in [-0.39, 0.29) is 24.0 Å². The lowest BCUT2D eigenvalue weighted by Gasteiger charge is -2.16. The van der Waals surface area contributed by atoms with Crippen LogP contribution in [0.15, 0.2) is 48.5 Å². The summed E-state index contributed by atoms with van der Waals surface area (Å²) in [5.41, 5.74) is 2.58. The predicted octanol–water partition coefficient (Wildman–Crippen LogP) is 3.48. The lowest BCUT2D eigenvalue weighted by atomic mass is 10.1. The lowest BCUT2D eigenvalue weighted by Crippen LogP contribution is -2.34. The molecular weight excluding hydrogens is 316 g/mol. The molecule has 2 aromatic carbocycles. The molecule has 1 saturated heterocycles. The first-order valence-corrected chi connectivity index (χ1v) is 8.60. The highest BCUT2D eigenvalue weighted by atomic mass is 16.3. The number of hydrogen-bond donors (Lipinski definition) is 2. The van der Waals surface area contributed by atoms with E-state index >= 15 is 0 Å². The van der Waals surface area contributed by atoms with Gasteiger partial charge in [0.25, 0.3) is 5.91 Å². The zero-order valence-corrected chi connectivity index (χ0v) is 14.2. The van der Waals surface area contributed by atoms with Crippen LogP contribution in [0.5, 0.6) is 5.75 Å². The number of hydrogen-bond acceptors (Lipinski definition) is 4. The SMILES string of the molecule is CCCCc1ccc(NC2CC(=O)N(c3ccc(O)cc3)C2=O)cc1. The van der Waals surface area contributed by atoms with Crippen molar-refractivity contribution in [3.05, 3.63) is 54.1 Å². The van der Waals surface area contributed by atoms with Gasteiger partial charge < -0.3 is 10.4 Å². The largest absolute Gasteiger partial charge is 0.508 e. The molecule has 0 bridgehead atoms. The van der Waals surface area contributed by atoms with E-state index in [9.17, 15) is 14.7 Å². The van der Waals surface area contributed by atoms with Gasteiger partial charge in [0.2, 0.25) is 5.91 Å². The van der Waals surface area contributed by atoms with Crippen LogP contribution < -0.4 is 10.2 Å². The van der Waals surface area contributed by atoms with Crippen LogP contribution >= 0.6 is 0 Å². The highest BCUT2D eigenvalue weighted by Crippen LogP contribution is 2.26. The van der Waals surface area contributed by atoms with Gasteiger partial charge in [-0.05, 0) is 54.8 Å². The Labute approximate surface area is 147 Å². The molecule has 0 radical (unpaired) electrons. The summed E-state index contributed by atoms with van der Waals surface area (Å²) in [5.74, 6) is -0.417. The minimum absolute atomic E-state index is 0.0979. The molecule has 1 heterocycles. The van der Waals surface area contributed by atoms with Crippen molar-refractivity contribution in [2.75, 3.05) is 10.2 Å². The molecule has 5 nitrogen and oxygen atoms in total. The van der Waals surface area contributed by atoms with E-state index in [0.29, 0.717) is 5.69 Å². The fourth-order valence-electron chi connectivity index (χ4n) is 2.97. The van der Waals surface area contributed by atoms with Crippen LogP contribution in [0.1, 0.15) is 31.7 Å². The van der Waals surface area contributed by atoms with E-state index < -0.39 is 6.04 Å². The van der Waals surface area contributed by atoms with Crippen molar-refractivity contribution >= 4 is 23.2 Å². The fraction of sp³-hybridized carbons (Fsp3) is 0.300. The van der Waals surface area contributed by atoms with E-state index in [2.05, 4.69) is 24.4 Å². The third kappa shape index (κ3) is 3.82. The minimum atomic E-state index is -0.567. The molecule has 1 fully saturated rings. The Morgan fingerprint density at radius 3 is 2.40 bits per heavy atom. The summed E-state index contributed by atoms with van der Waals surface area (Å²) >= 11 is 0. The van der Waals surface area contributed by atoms with Crippen molar-refractivity contribution in [2.45, 2.75) is 38.6 Å². The fourth-order valence-corrected chi connectivity index (χ4v) is 2.97. The Morgan fingerprint density at radius 1 is 1.08 bits per heavy atom. The molecule has 1 atom stereocenters. The molecule has 1 aliphatic rings. The first kappa shape index (κ1) is 17.0. The van der Waals surface area contributed by atoms with Gasteiger partial charge in [-0.25, -0.2) is 4.90 Å². The molecule has 2 N–H and O–H groups in total. The highest BCUT2D eigenvalue weighted by molar-refractivity contribution is 6.23. The number of rotatable bonds is 6. The molecule has 0 spiro atoms. The number of benzene rings is 2. The zero-order chi connectivity index (χ0) is 17.8. The second-order valence-electron chi connectivity index (χ2n) is 6.29. The van der Waals surface area contributed by atoms with Crippen molar-refractivity contribution in [3.8, 4) is 5.75 Å². The third-order valence-electron chi connectivity index (χ3n) is 4.37. The third-order valence-corrected chi connectivity index (χ3v) is 4.37. The Balaban J connectivity index is 1.68. The maximum Gasteiger partial charge on any atom is 0.256 e. The van der Waals surface area contributed by atoms with E-state index in [1.807, 2.05) is 12.1 Å². The number of amides is 2. The van der Waals surface area contributed by atoms with Gasteiger partial charge in [0, 0.05) is 5.69 Å². The number of anilines is 2. The normalized spacial score (nSPS) is 17.2. The van der Waals surface area contributed by atoms with Crippen molar-refractivity contribution in [1.29, 1.82) is 0 Å². The van der Waals surface area contributed by atoms with Crippen molar-refractivity contribution in [2.24, 2.45) is 0 Å². The molecule has 0 aliphatic carbocycles. The van der Waals surface area contributed by atoms with Gasteiger partial charge >= 0.3 is 0 Å². The van der Waals surface area contributed by atoms with Crippen molar-refractivity contribution in [3.63, 3.8) is 0 Å². The topological polar surface area (TPSA) is 69.6 Å². The zero-order valence-electron chi connectivity index (χ0n) is 14.2. The molecule has 1 unspecified atom stereocenters. The van der Waals surface area contributed by atoms with Crippen LogP contribution in [0, 0.1) is 0 Å².